The van der Waals surface area contributed by atoms with Gasteiger partial charge < -0.3 is 25.0 Å². The molecule has 3 rings (SSSR count). The number of hydrogen-bond acceptors (Lipinski definition) is 6. The largest absolute Gasteiger partial charge is 0.493 e. The van der Waals surface area contributed by atoms with Gasteiger partial charge >= 0.3 is 0 Å². The maximum absolute atomic E-state index is 12.6. The topological polar surface area (TPSA) is 75.7 Å². The molecule has 0 unspecified atom stereocenters. The zero-order chi connectivity index (χ0) is 20.8. The van der Waals surface area contributed by atoms with Crippen LogP contribution in [0.3, 0.4) is 0 Å². The molecule has 0 fully saturated rings. The van der Waals surface area contributed by atoms with Gasteiger partial charge in [0, 0.05) is 49.1 Å². The molecule has 1 amide bonds. The fraction of sp³-hybridized carbons (Fsp3) is 0.182. The van der Waals surface area contributed by atoms with Crippen LogP contribution in [-0.2, 0) is 0 Å². The molecular weight excluding hydrogens is 368 g/mol. The third-order valence-electron chi connectivity index (χ3n) is 4.31. The highest BCUT2D eigenvalue weighted by Crippen LogP contribution is 2.31. The molecule has 0 saturated carbocycles. The van der Waals surface area contributed by atoms with Crippen LogP contribution in [-0.4, -0.2) is 39.2 Å². The fourth-order valence-electron chi connectivity index (χ4n) is 2.75. The Morgan fingerprint density at radius 2 is 1.52 bits per heavy atom. The Morgan fingerprint density at radius 3 is 2.17 bits per heavy atom. The van der Waals surface area contributed by atoms with Crippen molar-refractivity contribution in [1.82, 2.24) is 4.98 Å². The van der Waals surface area contributed by atoms with Crippen LogP contribution in [0.5, 0.6) is 11.5 Å². The highest BCUT2D eigenvalue weighted by atomic mass is 16.5. The van der Waals surface area contributed by atoms with Gasteiger partial charge in [-0.15, -0.1) is 0 Å². The van der Waals surface area contributed by atoms with Gasteiger partial charge in [-0.2, -0.15) is 0 Å². The van der Waals surface area contributed by atoms with Crippen LogP contribution in [0.2, 0.25) is 0 Å². The van der Waals surface area contributed by atoms with Gasteiger partial charge in [-0.05, 0) is 48.5 Å². The number of pyridine rings is 1. The lowest BCUT2D eigenvalue weighted by molar-refractivity contribution is 0.102. The monoisotopic (exact) mass is 392 g/mol. The van der Waals surface area contributed by atoms with E-state index in [9.17, 15) is 4.79 Å². The van der Waals surface area contributed by atoms with E-state index in [1.54, 1.807) is 32.5 Å². The van der Waals surface area contributed by atoms with Crippen molar-refractivity contribution in [3.05, 3.63) is 66.5 Å². The highest BCUT2D eigenvalue weighted by Gasteiger charge is 2.10. The highest BCUT2D eigenvalue weighted by molar-refractivity contribution is 6.03. The van der Waals surface area contributed by atoms with Crippen LogP contribution in [0.25, 0.3) is 0 Å². The first-order chi connectivity index (χ1) is 14.0. The molecule has 0 aliphatic rings. The zero-order valence-corrected chi connectivity index (χ0v) is 16.9. The van der Waals surface area contributed by atoms with E-state index in [0.29, 0.717) is 22.9 Å². The second-order valence-electron chi connectivity index (χ2n) is 6.52. The smallest absolute Gasteiger partial charge is 0.274 e. The molecule has 0 atom stereocenters. The predicted octanol–water partition coefficient (Wildman–Crippen LogP) is 4.16. The van der Waals surface area contributed by atoms with Gasteiger partial charge in [-0.1, -0.05) is 0 Å². The van der Waals surface area contributed by atoms with Crippen molar-refractivity contribution >= 4 is 28.7 Å². The Bertz CT molecular complexity index is 988. The molecule has 1 aromatic heterocycles. The number of ether oxygens (including phenoxy) is 2. The molecule has 7 heteroatoms. The number of benzene rings is 2. The lowest BCUT2D eigenvalue weighted by atomic mass is 10.2. The molecule has 29 heavy (non-hydrogen) atoms. The van der Waals surface area contributed by atoms with Gasteiger partial charge in [0.05, 0.1) is 14.2 Å². The number of carbonyl (C=O) groups excluding carboxylic acids is 1. The molecule has 150 valence electrons. The minimum atomic E-state index is -0.279. The summed E-state index contributed by atoms with van der Waals surface area (Å²) < 4.78 is 10.6. The van der Waals surface area contributed by atoms with E-state index in [4.69, 9.17) is 9.47 Å². The van der Waals surface area contributed by atoms with Crippen molar-refractivity contribution in [2.45, 2.75) is 0 Å². The van der Waals surface area contributed by atoms with Gasteiger partial charge in [-0.3, -0.25) is 9.78 Å². The number of carbonyl (C=O) groups is 1. The standard InChI is InChI=1S/C22H24N4O3/c1-26(2)18-8-5-15(6-9-18)25-22(27)19-13-17(11-12-23-19)24-16-7-10-20(28-3)21(14-16)29-4/h5-14H,1-4H3,(H,23,24)(H,25,27). The number of hydrogen-bond donors (Lipinski definition) is 2. The molecule has 1 heterocycles. The van der Waals surface area contributed by atoms with E-state index in [1.807, 2.05) is 61.5 Å². The molecule has 0 radical (unpaired) electrons. The molecule has 2 aromatic carbocycles. The average molecular weight is 392 g/mol. The summed E-state index contributed by atoms with van der Waals surface area (Å²) in [5, 5.41) is 6.11. The first kappa shape index (κ1) is 20.0. The molecular formula is C22H24N4O3. The predicted molar refractivity (Wildman–Crippen MR) is 116 cm³/mol. The number of nitrogens with one attached hydrogen (secondary N) is 2. The Balaban J connectivity index is 1.72. The average Bonchev–Trinajstić information content (AvgIpc) is 2.74. The van der Waals surface area contributed by atoms with Crippen LogP contribution >= 0.6 is 0 Å². The summed E-state index contributed by atoms with van der Waals surface area (Å²) >= 11 is 0. The lowest BCUT2D eigenvalue weighted by Crippen LogP contribution is -2.14. The first-order valence-corrected chi connectivity index (χ1v) is 9.04. The normalized spacial score (nSPS) is 10.2. The van der Waals surface area contributed by atoms with E-state index in [1.165, 1.54) is 0 Å². The van der Waals surface area contributed by atoms with Gasteiger partial charge in [0.15, 0.2) is 11.5 Å². The molecule has 7 nitrogen and oxygen atoms in total. The summed E-state index contributed by atoms with van der Waals surface area (Å²) in [6.45, 7) is 0. The third kappa shape index (κ3) is 4.95. The van der Waals surface area contributed by atoms with E-state index in [2.05, 4.69) is 15.6 Å². The quantitative estimate of drug-likeness (QED) is 0.629. The molecule has 0 aliphatic carbocycles. The lowest BCUT2D eigenvalue weighted by Gasteiger charge is -2.13. The van der Waals surface area contributed by atoms with Crippen molar-refractivity contribution in [3.8, 4) is 11.5 Å². The number of amides is 1. The minimum absolute atomic E-state index is 0.279. The third-order valence-corrected chi connectivity index (χ3v) is 4.31. The van der Waals surface area contributed by atoms with Crippen molar-refractivity contribution in [3.63, 3.8) is 0 Å². The van der Waals surface area contributed by atoms with Crippen LogP contribution in [0.1, 0.15) is 10.5 Å². The second-order valence-corrected chi connectivity index (χ2v) is 6.52. The van der Waals surface area contributed by atoms with Crippen LogP contribution < -0.4 is 25.0 Å². The SMILES string of the molecule is COc1ccc(Nc2ccnc(C(=O)Nc3ccc(N(C)C)cc3)c2)cc1OC. The summed E-state index contributed by atoms with van der Waals surface area (Å²) in [5.41, 5.74) is 3.62. The van der Waals surface area contributed by atoms with Gasteiger partial charge in [-0.25, -0.2) is 0 Å². The first-order valence-electron chi connectivity index (χ1n) is 9.04. The van der Waals surface area contributed by atoms with Crippen LogP contribution in [0, 0.1) is 0 Å². The summed E-state index contributed by atoms with van der Waals surface area (Å²) in [6, 6.07) is 16.6. The molecule has 2 N–H and O–H groups in total. The second kappa shape index (κ2) is 8.97. The Morgan fingerprint density at radius 1 is 0.862 bits per heavy atom. The molecule has 0 saturated heterocycles. The number of anilines is 4. The van der Waals surface area contributed by atoms with Gasteiger partial charge in [0.2, 0.25) is 0 Å². The number of aromatic nitrogens is 1. The Kier molecular flexibility index (Phi) is 6.19. The van der Waals surface area contributed by atoms with E-state index in [-0.39, 0.29) is 5.91 Å². The maximum Gasteiger partial charge on any atom is 0.274 e. The van der Waals surface area contributed by atoms with Gasteiger partial charge in [0.25, 0.3) is 5.91 Å². The number of methoxy groups -OCH3 is 2. The van der Waals surface area contributed by atoms with Crippen LogP contribution in [0.15, 0.2) is 60.8 Å². The summed E-state index contributed by atoms with van der Waals surface area (Å²) in [5.74, 6) is 0.984. The Hall–Kier alpha value is -3.74. The Labute approximate surface area is 170 Å². The molecule has 0 aliphatic heterocycles. The van der Waals surface area contributed by atoms with Crippen molar-refractivity contribution in [1.29, 1.82) is 0 Å². The molecule has 0 bridgehead atoms. The zero-order valence-electron chi connectivity index (χ0n) is 16.9. The van der Waals surface area contributed by atoms with E-state index in [0.717, 1.165) is 17.1 Å². The maximum atomic E-state index is 12.6. The summed E-state index contributed by atoms with van der Waals surface area (Å²) in [7, 11) is 7.11. The van der Waals surface area contributed by atoms with E-state index >= 15 is 0 Å². The number of nitrogens with zero attached hydrogens (tertiary/aromatic N) is 2. The van der Waals surface area contributed by atoms with Crippen molar-refractivity contribution < 1.29 is 14.3 Å². The fourth-order valence-corrected chi connectivity index (χ4v) is 2.75. The van der Waals surface area contributed by atoms with Crippen LogP contribution in [0.4, 0.5) is 22.7 Å². The number of rotatable bonds is 7. The summed E-state index contributed by atoms with van der Waals surface area (Å²) in [4.78, 5) is 18.7. The van der Waals surface area contributed by atoms with E-state index < -0.39 is 0 Å². The van der Waals surface area contributed by atoms with Gasteiger partial charge in [0.1, 0.15) is 5.69 Å². The minimum Gasteiger partial charge on any atom is -0.493 e. The molecule has 3 aromatic rings. The van der Waals surface area contributed by atoms with Crippen molar-refractivity contribution in [2.75, 3.05) is 43.8 Å². The van der Waals surface area contributed by atoms with Crippen molar-refractivity contribution in [2.24, 2.45) is 0 Å². The molecule has 0 spiro atoms. The summed E-state index contributed by atoms with van der Waals surface area (Å²) in [6.07, 6.45) is 1.59.